The highest BCUT2D eigenvalue weighted by atomic mass is 35.5. The second kappa shape index (κ2) is 7.18. The van der Waals surface area contributed by atoms with Crippen LogP contribution in [0.5, 0.6) is 0 Å². The minimum absolute atomic E-state index is 0.0565. The van der Waals surface area contributed by atoms with Crippen LogP contribution in [0.1, 0.15) is 29.3 Å². The number of thiophene rings is 1. The first-order valence-electron chi connectivity index (χ1n) is 8.52. The lowest BCUT2D eigenvalue weighted by Crippen LogP contribution is -2.23. The molecule has 7 heteroatoms. The molecule has 1 N–H and O–H groups in total. The summed E-state index contributed by atoms with van der Waals surface area (Å²) in [6.07, 6.45) is 5.01. The lowest BCUT2D eigenvalue weighted by atomic mass is 10.2. The number of hydrogen-bond acceptors (Lipinski definition) is 5. The number of fused-ring (bicyclic) bond motifs is 3. The predicted molar refractivity (Wildman–Crippen MR) is 110 cm³/mol. The van der Waals surface area contributed by atoms with Gasteiger partial charge in [-0.2, -0.15) is 0 Å². The molecule has 0 fully saturated rings. The Morgan fingerprint density at radius 1 is 1.35 bits per heavy atom. The van der Waals surface area contributed by atoms with E-state index in [2.05, 4.69) is 15.3 Å². The van der Waals surface area contributed by atoms with Gasteiger partial charge in [0.25, 0.3) is 0 Å². The van der Waals surface area contributed by atoms with Gasteiger partial charge >= 0.3 is 0 Å². The van der Waals surface area contributed by atoms with Crippen molar-refractivity contribution in [1.29, 1.82) is 0 Å². The number of carbonyl (C=O) groups excluding carboxylic acids is 1. The summed E-state index contributed by atoms with van der Waals surface area (Å²) in [6.45, 7) is 3.80. The molecular formula is C19H18ClN3OS2. The summed E-state index contributed by atoms with van der Waals surface area (Å²) in [7, 11) is 0. The highest BCUT2D eigenvalue weighted by Crippen LogP contribution is 2.41. The second-order valence-electron chi connectivity index (χ2n) is 6.38. The average molecular weight is 404 g/mol. The van der Waals surface area contributed by atoms with Crippen molar-refractivity contribution in [2.45, 2.75) is 43.4 Å². The lowest BCUT2D eigenvalue weighted by molar-refractivity contribution is -0.115. The fourth-order valence-electron chi connectivity index (χ4n) is 3.19. The van der Waals surface area contributed by atoms with Crippen molar-refractivity contribution in [3.63, 3.8) is 0 Å². The molecule has 0 saturated heterocycles. The molecule has 0 saturated carbocycles. The highest BCUT2D eigenvalue weighted by molar-refractivity contribution is 8.00. The van der Waals surface area contributed by atoms with Crippen LogP contribution in [0.25, 0.3) is 10.2 Å². The van der Waals surface area contributed by atoms with E-state index >= 15 is 0 Å². The summed E-state index contributed by atoms with van der Waals surface area (Å²) >= 11 is 9.40. The van der Waals surface area contributed by atoms with E-state index in [1.165, 1.54) is 28.6 Å². The Kier molecular flexibility index (Phi) is 4.90. The van der Waals surface area contributed by atoms with Crippen LogP contribution in [0.15, 0.2) is 29.6 Å². The molecule has 4 rings (SSSR count). The lowest BCUT2D eigenvalue weighted by Gasteiger charge is -2.14. The number of halogens is 1. The van der Waals surface area contributed by atoms with Crippen LogP contribution >= 0.6 is 34.7 Å². The summed E-state index contributed by atoms with van der Waals surface area (Å²) < 4.78 is 0. The number of nitrogens with zero attached hydrogens (tertiary/aromatic N) is 2. The molecule has 0 radical (unpaired) electrons. The third-order valence-corrected chi connectivity index (χ3v) is 7.36. The van der Waals surface area contributed by atoms with E-state index < -0.39 is 0 Å². The van der Waals surface area contributed by atoms with Crippen LogP contribution < -0.4 is 5.32 Å². The summed E-state index contributed by atoms with van der Waals surface area (Å²) in [5.74, 6) is -0.0565. The van der Waals surface area contributed by atoms with Crippen LogP contribution in [0, 0.1) is 6.92 Å². The van der Waals surface area contributed by atoms with Gasteiger partial charge in [-0.25, -0.2) is 9.97 Å². The molecule has 134 valence electrons. The Balaban J connectivity index is 1.56. The van der Waals surface area contributed by atoms with Crippen molar-refractivity contribution in [2.75, 3.05) is 5.32 Å². The molecule has 2 aromatic heterocycles. The number of carbonyl (C=O) groups is 1. The molecule has 0 spiro atoms. The van der Waals surface area contributed by atoms with Crippen molar-refractivity contribution >= 4 is 56.5 Å². The van der Waals surface area contributed by atoms with Crippen LogP contribution in [0.2, 0.25) is 5.02 Å². The van der Waals surface area contributed by atoms with E-state index in [1.54, 1.807) is 17.7 Å². The van der Waals surface area contributed by atoms with E-state index in [0.717, 1.165) is 39.3 Å². The summed E-state index contributed by atoms with van der Waals surface area (Å²) in [5.41, 5.74) is 3.01. The number of hydrogen-bond donors (Lipinski definition) is 1. The number of amides is 1. The molecule has 0 bridgehead atoms. The average Bonchev–Trinajstić information content (AvgIpc) is 3.20. The number of nitrogens with one attached hydrogen (secondary N) is 1. The zero-order valence-corrected chi connectivity index (χ0v) is 16.9. The van der Waals surface area contributed by atoms with Crippen molar-refractivity contribution in [1.82, 2.24) is 9.97 Å². The normalized spacial score (nSPS) is 14.4. The fourth-order valence-corrected chi connectivity index (χ4v) is 5.60. The summed E-state index contributed by atoms with van der Waals surface area (Å²) in [5, 5.41) is 5.40. The van der Waals surface area contributed by atoms with Crippen LogP contribution in [0.3, 0.4) is 0 Å². The number of aromatic nitrogens is 2. The van der Waals surface area contributed by atoms with Gasteiger partial charge in [0.1, 0.15) is 16.2 Å². The van der Waals surface area contributed by atoms with Gasteiger partial charge in [-0.3, -0.25) is 4.79 Å². The van der Waals surface area contributed by atoms with Crippen molar-refractivity contribution in [2.24, 2.45) is 0 Å². The van der Waals surface area contributed by atoms with Crippen LogP contribution in [-0.4, -0.2) is 21.1 Å². The summed E-state index contributed by atoms with van der Waals surface area (Å²) in [4.78, 5) is 24.0. The Bertz CT molecular complexity index is 1000. The summed E-state index contributed by atoms with van der Waals surface area (Å²) in [6, 6.07) is 5.52. The fraction of sp³-hybridized carbons (Fsp3) is 0.316. The maximum absolute atomic E-state index is 12.7. The Morgan fingerprint density at radius 2 is 2.19 bits per heavy atom. The highest BCUT2D eigenvalue weighted by Gasteiger charge is 2.24. The molecule has 26 heavy (non-hydrogen) atoms. The van der Waals surface area contributed by atoms with E-state index in [-0.39, 0.29) is 11.2 Å². The van der Waals surface area contributed by atoms with Gasteiger partial charge in [0.15, 0.2) is 0 Å². The first kappa shape index (κ1) is 17.8. The number of rotatable bonds is 4. The number of thioether (sulfide) groups is 1. The molecule has 4 nitrogen and oxygen atoms in total. The van der Waals surface area contributed by atoms with Crippen LogP contribution in [-0.2, 0) is 17.6 Å². The molecule has 1 atom stereocenters. The van der Waals surface area contributed by atoms with Gasteiger partial charge in [0.2, 0.25) is 5.91 Å². The van der Waals surface area contributed by atoms with Gasteiger partial charge in [-0.1, -0.05) is 29.4 Å². The van der Waals surface area contributed by atoms with Crippen LogP contribution in [0.4, 0.5) is 5.69 Å². The molecule has 1 aliphatic carbocycles. The first-order chi connectivity index (χ1) is 12.5. The van der Waals surface area contributed by atoms with Gasteiger partial charge in [-0.05, 0) is 56.4 Å². The second-order valence-corrected chi connectivity index (χ2v) is 9.20. The Hall–Kier alpha value is -1.63. The Labute approximate surface area is 165 Å². The third kappa shape index (κ3) is 3.21. The number of aryl methyl sites for hydroxylation is 2. The standard InChI is InChI=1S/C19H18ClN3OS2/c1-10-13(20)6-4-7-14(10)23-17(24)11(2)25-18-16-12-5-3-8-15(12)26-19(16)22-9-21-18/h4,6-7,9,11H,3,5,8H2,1-2H3,(H,23,24)/t11-/m0/s1. The van der Waals surface area contributed by atoms with Gasteiger partial charge in [-0.15, -0.1) is 11.3 Å². The molecule has 1 amide bonds. The number of anilines is 1. The molecule has 0 aliphatic heterocycles. The van der Waals surface area contributed by atoms with E-state index in [1.807, 2.05) is 32.0 Å². The van der Waals surface area contributed by atoms with E-state index in [0.29, 0.717) is 5.02 Å². The Morgan fingerprint density at radius 3 is 3.04 bits per heavy atom. The molecule has 0 unspecified atom stereocenters. The predicted octanol–water partition coefficient (Wildman–Crippen LogP) is 5.26. The number of benzene rings is 1. The third-order valence-electron chi connectivity index (χ3n) is 4.65. The van der Waals surface area contributed by atoms with E-state index in [9.17, 15) is 4.79 Å². The first-order valence-corrected chi connectivity index (χ1v) is 10.6. The minimum Gasteiger partial charge on any atom is -0.325 e. The SMILES string of the molecule is Cc1c(Cl)cccc1NC(=O)[C@H](C)Sc1ncnc2sc3c(c12)CCC3. The minimum atomic E-state index is -0.275. The smallest absolute Gasteiger partial charge is 0.237 e. The van der Waals surface area contributed by atoms with E-state index in [4.69, 9.17) is 11.6 Å². The maximum atomic E-state index is 12.7. The van der Waals surface area contributed by atoms with Gasteiger partial charge in [0.05, 0.1) is 5.25 Å². The topological polar surface area (TPSA) is 54.9 Å². The molecule has 1 aliphatic rings. The maximum Gasteiger partial charge on any atom is 0.237 e. The largest absolute Gasteiger partial charge is 0.325 e. The van der Waals surface area contributed by atoms with Gasteiger partial charge < -0.3 is 5.32 Å². The quantitative estimate of drug-likeness (QED) is 0.476. The zero-order chi connectivity index (χ0) is 18.3. The molecular weight excluding hydrogens is 386 g/mol. The van der Waals surface area contributed by atoms with Crippen molar-refractivity contribution in [3.8, 4) is 0 Å². The molecule has 1 aromatic carbocycles. The zero-order valence-electron chi connectivity index (χ0n) is 14.5. The van der Waals surface area contributed by atoms with Gasteiger partial charge in [0, 0.05) is 21.0 Å². The van der Waals surface area contributed by atoms with Crippen molar-refractivity contribution in [3.05, 3.63) is 45.6 Å². The monoisotopic (exact) mass is 403 g/mol. The molecule has 3 aromatic rings. The van der Waals surface area contributed by atoms with Crippen molar-refractivity contribution < 1.29 is 4.79 Å². The molecule has 2 heterocycles.